The minimum atomic E-state index is -0.0336. The van der Waals surface area contributed by atoms with Gasteiger partial charge in [0.2, 0.25) is 5.91 Å². The smallest absolute Gasteiger partial charge is 0.289 e. The Kier molecular flexibility index (Phi) is 3.85. The van der Waals surface area contributed by atoms with Crippen molar-refractivity contribution in [3.8, 4) is 0 Å². The molecular formula is C17H22N2O4. The van der Waals surface area contributed by atoms with Crippen molar-refractivity contribution in [2.75, 3.05) is 39.4 Å². The Morgan fingerprint density at radius 1 is 1.09 bits per heavy atom. The molecule has 3 aliphatic rings. The van der Waals surface area contributed by atoms with E-state index in [1.807, 2.05) is 9.80 Å². The number of fused-ring (bicyclic) bond motifs is 2. The van der Waals surface area contributed by atoms with Crippen LogP contribution in [0, 0.1) is 17.8 Å². The summed E-state index contributed by atoms with van der Waals surface area (Å²) in [6.45, 7) is 4.19. The van der Waals surface area contributed by atoms with Gasteiger partial charge in [-0.25, -0.2) is 0 Å². The van der Waals surface area contributed by atoms with Crippen LogP contribution < -0.4 is 0 Å². The zero-order valence-electron chi connectivity index (χ0n) is 13.1. The first-order chi connectivity index (χ1) is 11.2. The summed E-state index contributed by atoms with van der Waals surface area (Å²) >= 11 is 0. The second-order valence-corrected chi connectivity index (χ2v) is 6.96. The summed E-state index contributed by atoms with van der Waals surface area (Å²) in [7, 11) is 0. The van der Waals surface area contributed by atoms with Crippen molar-refractivity contribution in [1.82, 2.24) is 9.80 Å². The van der Waals surface area contributed by atoms with Crippen LogP contribution in [0.4, 0.5) is 0 Å². The standard InChI is InChI=1S/C17H22N2O4/c20-16(14-3-5-22-11-14)18-7-12-6-13(8-18)10-19(9-12)17(21)15-2-1-4-23-15/h1-2,4,12-14H,3,5-11H2. The van der Waals surface area contributed by atoms with Crippen LogP contribution in [0.2, 0.25) is 0 Å². The summed E-state index contributed by atoms with van der Waals surface area (Å²) in [5, 5.41) is 0. The second kappa shape index (κ2) is 6.00. The van der Waals surface area contributed by atoms with Gasteiger partial charge >= 0.3 is 0 Å². The van der Waals surface area contributed by atoms with Crippen LogP contribution in [-0.4, -0.2) is 61.0 Å². The Labute approximate surface area is 135 Å². The maximum absolute atomic E-state index is 12.6. The third-order valence-corrected chi connectivity index (χ3v) is 5.19. The molecule has 124 valence electrons. The lowest BCUT2D eigenvalue weighted by molar-refractivity contribution is -0.139. The van der Waals surface area contributed by atoms with Crippen LogP contribution in [0.15, 0.2) is 22.8 Å². The molecule has 2 bridgehead atoms. The first-order valence-corrected chi connectivity index (χ1v) is 8.40. The number of hydrogen-bond acceptors (Lipinski definition) is 4. The molecule has 4 rings (SSSR count). The molecule has 0 saturated carbocycles. The molecule has 4 heterocycles. The van der Waals surface area contributed by atoms with Crippen LogP contribution >= 0.6 is 0 Å². The number of amides is 2. The van der Waals surface area contributed by atoms with E-state index < -0.39 is 0 Å². The van der Waals surface area contributed by atoms with Crippen LogP contribution in [0.25, 0.3) is 0 Å². The molecule has 0 spiro atoms. The third-order valence-electron chi connectivity index (χ3n) is 5.19. The van der Waals surface area contributed by atoms with Gasteiger partial charge in [-0.1, -0.05) is 0 Å². The van der Waals surface area contributed by atoms with Gasteiger partial charge in [-0.3, -0.25) is 9.59 Å². The highest BCUT2D eigenvalue weighted by molar-refractivity contribution is 5.91. The van der Waals surface area contributed by atoms with E-state index in [0.29, 0.717) is 43.9 Å². The van der Waals surface area contributed by atoms with Crippen LogP contribution in [0.5, 0.6) is 0 Å². The number of furan rings is 1. The first-order valence-electron chi connectivity index (χ1n) is 8.40. The molecular weight excluding hydrogens is 296 g/mol. The molecule has 3 saturated heterocycles. The number of hydrogen-bond donors (Lipinski definition) is 0. The van der Waals surface area contributed by atoms with E-state index in [1.165, 1.54) is 6.26 Å². The van der Waals surface area contributed by atoms with Crippen molar-refractivity contribution in [2.45, 2.75) is 12.8 Å². The van der Waals surface area contributed by atoms with Gasteiger partial charge in [0, 0.05) is 32.8 Å². The largest absolute Gasteiger partial charge is 0.459 e. The van der Waals surface area contributed by atoms with E-state index in [9.17, 15) is 9.59 Å². The average molecular weight is 318 g/mol. The van der Waals surface area contributed by atoms with E-state index >= 15 is 0 Å². The molecule has 6 heteroatoms. The minimum absolute atomic E-state index is 0.0336. The summed E-state index contributed by atoms with van der Waals surface area (Å²) in [5.41, 5.74) is 0. The maximum atomic E-state index is 12.6. The Balaban J connectivity index is 1.40. The molecule has 23 heavy (non-hydrogen) atoms. The Morgan fingerprint density at radius 2 is 1.83 bits per heavy atom. The lowest BCUT2D eigenvalue weighted by Gasteiger charge is -2.46. The van der Waals surface area contributed by atoms with Crippen LogP contribution in [0.1, 0.15) is 23.4 Å². The molecule has 0 radical (unpaired) electrons. The molecule has 1 aromatic rings. The summed E-state index contributed by atoms with van der Waals surface area (Å²) in [6, 6.07) is 3.45. The van der Waals surface area contributed by atoms with E-state index in [4.69, 9.17) is 9.15 Å². The number of carbonyl (C=O) groups is 2. The van der Waals surface area contributed by atoms with Gasteiger partial charge in [0.1, 0.15) is 0 Å². The van der Waals surface area contributed by atoms with Gasteiger partial charge in [-0.2, -0.15) is 0 Å². The fourth-order valence-electron chi connectivity index (χ4n) is 4.17. The van der Waals surface area contributed by atoms with Gasteiger partial charge in [0.25, 0.3) is 5.91 Å². The summed E-state index contributed by atoms with van der Waals surface area (Å²) < 4.78 is 10.6. The van der Waals surface area contributed by atoms with E-state index in [-0.39, 0.29) is 17.7 Å². The zero-order valence-corrected chi connectivity index (χ0v) is 13.1. The van der Waals surface area contributed by atoms with E-state index in [2.05, 4.69) is 0 Å². The number of piperidine rings is 2. The summed E-state index contributed by atoms with van der Waals surface area (Å²) in [4.78, 5) is 28.9. The third kappa shape index (κ3) is 2.87. The monoisotopic (exact) mass is 318 g/mol. The molecule has 0 aliphatic carbocycles. The molecule has 1 aromatic heterocycles. The fraction of sp³-hybridized carbons (Fsp3) is 0.647. The molecule has 2 amide bonds. The summed E-state index contributed by atoms with van der Waals surface area (Å²) in [5.74, 6) is 1.38. The van der Waals surface area contributed by atoms with Crippen molar-refractivity contribution in [1.29, 1.82) is 0 Å². The van der Waals surface area contributed by atoms with Crippen molar-refractivity contribution in [3.05, 3.63) is 24.2 Å². The number of nitrogens with zero attached hydrogens (tertiary/aromatic N) is 2. The minimum Gasteiger partial charge on any atom is -0.459 e. The van der Waals surface area contributed by atoms with Crippen molar-refractivity contribution in [3.63, 3.8) is 0 Å². The van der Waals surface area contributed by atoms with Crippen molar-refractivity contribution >= 4 is 11.8 Å². The molecule has 3 fully saturated rings. The molecule has 3 aliphatic heterocycles. The first kappa shape index (κ1) is 14.8. The van der Waals surface area contributed by atoms with Gasteiger partial charge in [0.15, 0.2) is 5.76 Å². The second-order valence-electron chi connectivity index (χ2n) is 6.96. The highest BCUT2D eigenvalue weighted by atomic mass is 16.5. The number of likely N-dealkylation sites (tertiary alicyclic amines) is 2. The lowest BCUT2D eigenvalue weighted by Crippen LogP contribution is -2.56. The van der Waals surface area contributed by atoms with Crippen LogP contribution in [0.3, 0.4) is 0 Å². The average Bonchev–Trinajstić information content (AvgIpc) is 3.25. The quantitative estimate of drug-likeness (QED) is 0.823. The van der Waals surface area contributed by atoms with Gasteiger partial charge in [-0.15, -0.1) is 0 Å². The number of carbonyl (C=O) groups excluding carboxylic acids is 2. The maximum Gasteiger partial charge on any atom is 0.289 e. The van der Waals surface area contributed by atoms with Gasteiger partial charge in [-0.05, 0) is 36.8 Å². The topological polar surface area (TPSA) is 63.0 Å². The zero-order chi connectivity index (χ0) is 15.8. The van der Waals surface area contributed by atoms with Gasteiger partial charge < -0.3 is 19.0 Å². The van der Waals surface area contributed by atoms with Crippen molar-refractivity contribution < 1.29 is 18.7 Å². The molecule has 0 N–H and O–H groups in total. The lowest BCUT2D eigenvalue weighted by atomic mass is 9.84. The fourth-order valence-corrected chi connectivity index (χ4v) is 4.17. The SMILES string of the molecule is O=C(c1ccco1)N1CC2CC(C1)CN(C(=O)C1CCOC1)C2. The molecule has 6 nitrogen and oxygen atoms in total. The Bertz CT molecular complexity index is 565. The highest BCUT2D eigenvalue weighted by Crippen LogP contribution is 2.31. The van der Waals surface area contributed by atoms with E-state index in [0.717, 1.165) is 25.9 Å². The van der Waals surface area contributed by atoms with Crippen molar-refractivity contribution in [2.24, 2.45) is 17.8 Å². The summed E-state index contributed by atoms with van der Waals surface area (Å²) in [6.07, 6.45) is 3.47. The van der Waals surface area contributed by atoms with Crippen LogP contribution in [-0.2, 0) is 9.53 Å². The predicted octanol–water partition coefficient (Wildman–Crippen LogP) is 1.24. The normalized spacial score (nSPS) is 30.5. The molecule has 3 atom stereocenters. The predicted molar refractivity (Wildman–Crippen MR) is 81.7 cm³/mol. The Hall–Kier alpha value is -1.82. The van der Waals surface area contributed by atoms with E-state index in [1.54, 1.807) is 12.1 Å². The number of rotatable bonds is 2. The Morgan fingerprint density at radius 3 is 2.43 bits per heavy atom. The van der Waals surface area contributed by atoms with Gasteiger partial charge in [0.05, 0.1) is 18.8 Å². The number of ether oxygens (including phenoxy) is 1. The molecule has 0 aromatic carbocycles. The molecule has 3 unspecified atom stereocenters. The highest BCUT2D eigenvalue weighted by Gasteiger charge is 2.39.